The van der Waals surface area contributed by atoms with Crippen LogP contribution in [0.15, 0.2) is 49.1 Å². The van der Waals surface area contributed by atoms with Crippen molar-refractivity contribution in [2.45, 2.75) is 26.4 Å². The Balaban J connectivity index is 1.73. The summed E-state index contributed by atoms with van der Waals surface area (Å²) >= 11 is 0. The smallest absolute Gasteiger partial charge is 0.407 e. The van der Waals surface area contributed by atoms with Crippen LogP contribution in [0.25, 0.3) is 22.0 Å². The number of fused-ring (bicyclic) bond motifs is 1. The fraction of sp³-hybridized carbons (Fsp3) is 0.300. The summed E-state index contributed by atoms with van der Waals surface area (Å²) < 4.78 is 11.0. The quantitative estimate of drug-likeness (QED) is 0.695. The van der Waals surface area contributed by atoms with Gasteiger partial charge in [-0.05, 0) is 45.0 Å². The molecule has 0 saturated carbocycles. The number of hydrogen-bond donors (Lipinski definition) is 1. The lowest BCUT2D eigenvalue weighted by Gasteiger charge is -2.19. The maximum atomic E-state index is 11.7. The summed E-state index contributed by atoms with van der Waals surface area (Å²) in [5.41, 5.74) is 1.18. The van der Waals surface area contributed by atoms with Gasteiger partial charge in [0.1, 0.15) is 12.2 Å². The third-order valence-corrected chi connectivity index (χ3v) is 3.58. The molecular formula is C20H22N4O3. The molecule has 3 aromatic heterocycles. The van der Waals surface area contributed by atoms with Gasteiger partial charge in [-0.25, -0.2) is 9.78 Å². The van der Waals surface area contributed by atoms with Crippen LogP contribution in [0, 0.1) is 0 Å². The molecule has 0 aliphatic rings. The van der Waals surface area contributed by atoms with Crippen molar-refractivity contribution >= 4 is 16.9 Å². The van der Waals surface area contributed by atoms with Crippen LogP contribution in [0.2, 0.25) is 0 Å². The number of nitrogens with one attached hydrogen (secondary N) is 1. The first-order valence-electron chi connectivity index (χ1n) is 8.67. The Morgan fingerprint density at radius 2 is 1.85 bits per heavy atom. The van der Waals surface area contributed by atoms with Crippen LogP contribution in [0.1, 0.15) is 20.8 Å². The average molecular weight is 366 g/mol. The minimum Gasteiger partial charge on any atom is -0.475 e. The summed E-state index contributed by atoms with van der Waals surface area (Å²) in [7, 11) is 0. The first-order valence-corrected chi connectivity index (χ1v) is 8.67. The minimum atomic E-state index is -0.533. The van der Waals surface area contributed by atoms with E-state index in [1.54, 1.807) is 24.8 Å². The number of rotatable bonds is 5. The maximum absolute atomic E-state index is 11.7. The van der Waals surface area contributed by atoms with Gasteiger partial charge in [-0.15, -0.1) is 0 Å². The van der Waals surface area contributed by atoms with E-state index in [9.17, 15) is 4.79 Å². The first kappa shape index (κ1) is 18.6. The second kappa shape index (κ2) is 7.99. The van der Waals surface area contributed by atoms with Gasteiger partial charge in [-0.3, -0.25) is 9.97 Å². The van der Waals surface area contributed by atoms with Crippen molar-refractivity contribution in [1.29, 1.82) is 0 Å². The van der Waals surface area contributed by atoms with E-state index < -0.39 is 11.7 Å². The SMILES string of the molecule is CC(C)(C)OC(=O)NCCOc1nc(-c2ccncc2)cc2cnccc12. The average Bonchev–Trinajstić information content (AvgIpc) is 2.64. The fourth-order valence-corrected chi connectivity index (χ4v) is 2.46. The molecule has 0 aliphatic carbocycles. The van der Waals surface area contributed by atoms with Crippen LogP contribution in [-0.2, 0) is 4.74 Å². The van der Waals surface area contributed by atoms with Gasteiger partial charge in [0.25, 0.3) is 0 Å². The Morgan fingerprint density at radius 1 is 1.11 bits per heavy atom. The minimum absolute atomic E-state index is 0.267. The Morgan fingerprint density at radius 3 is 2.59 bits per heavy atom. The molecule has 0 aliphatic heterocycles. The standard InChI is InChI=1S/C20H22N4O3/c1-20(2,3)27-19(25)23-10-11-26-18-16-6-9-22-13-15(16)12-17(24-18)14-4-7-21-8-5-14/h4-9,12-13H,10-11H2,1-3H3,(H,23,25). The molecule has 3 rings (SSSR count). The number of hydrogen-bond acceptors (Lipinski definition) is 6. The van der Waals surface area contributed by atoms with E-state index in [1.807, 2.05) is 45.0 Å². The molecule has 3 aromatic rings. The molecule has 0 saturated heterocycles. The van der Waals surface area contributed by atoms with E-state index in [4.69, 9.17) is 9.47 Å². The molecule has 27 heavy (non-hydrogen) atoms. The Labute approximate surface area is 157 Å². The normalized spacial score (nSPS) is 11.2. The summed E-state index contributed by atoms with van der Waals surface area (Å²) in [4.78, 5) is 24.5. The number of carbonyl (C=O) groups excluding carboxylic acids is 1. The van der Waals surface area contributed by atoms with Crippen molar-refractivity contribution in [3.05, 3.63) is 49.1 Å². The molecule has 3 heterocycles. The van der Waals surface area contributed by atoms with Crippen molar-refractivity contribution < 1.29 is 14.3 Å². The van der Waals surface area contributed by atoms with Crippen LogP contribution in [0.5, 0.6) is 5.88 Å². The van der Waals surface area contributed by atoms with Gasteiger partial charge < -0.3 is 14.8 Å². The number of amides is 1. The highest BCUT2D eigenvalue weighted by molar-refractivity contribution is 5.89. The number of pyridine rings is 3. The highest BCUT2D eigenvalue weighted by atomic mass is 16.6. The number of carbonyl (C=O) groups is 1. The lowest BCUT2D eigenvalue weighted by Crippen LogP contribution is -2.34. The van der Waals surface area contributed by atoms with Crippen molar-refractivity contribution in [1.82, 2.24) is 20.3 Å². The van der Waals surface area contributed by atoms with E-state index in [0.717, 1.165) is 22.0 Å². The molecule has 0 unspecified atom stereocenters. The second-order valence-corrected chi connectivity index (χ2v) is 6.92. The Bertz CT molecular complexity index is 923. The van der Waals surface area contributed by atoms with Crippen molar-refractivity contribution in [3.63, 3.8) is 0 Å². The number of nitrogens with zero attached hydrogens (tertiary/aromatic N) is 3. The topological polar surface area (TPSA) is 86.2 Å². The molecule has 0 fully saturated rings. The van der Waals surface area contributed by atoms with Crippen LogP contribution in [-0.4, -0.2) is 39.8 Å². The van der Waals surface area contributed by atoms with E-state index in [-0.39, 0.29) is 6.61 Å². The molecule has 0 radical (unpaired) electrons. The molecule has 1 amide bonds. The van der Waals surface area contributed by atoms with Gasteiger partial charge in [-0.1, -0.05) is 0 Å². The van der Waals surface area contributed by atoms with Gasteiger partial charge in [0.15, 0.2) is 0 Å². The molecule has 0 bridgehead atoms. The van der Waals surface area contributed by atoms with Gasteiger partial charge in [0.2, 0.25) is 5.88 Å². The monoisotopic (exact) mass is 366 g/mol. The zero-order valence-electron chi connectivity index (χ0n) is 15.6. The Hall–Kier alpha value is -3.22. The van der Waals surface area contributed by atoms with Crippen LogP contribution in [0.4, 0.5) is 4.79 Å². The summed E-state index contributed by atoms with van der Waals surface area (Å²) in [5, 5.41) is 4.46. The van der Waals surface area contributed by atoms with Gasteiger partial charge >= 0.3 is 6.09 Å². The summed E-state index contributed by atoms with van der Waals surface area (Å²) in [5.74, 6) is 0.493. The zero-order chi connectivity index (χ0) is 19.3. The van der Waals surface area contributed by atoms with E-state index in [0.29, 0.717) is 12.4 Å². The van der Waals surface area contributed by atoms with E-state index in [1.165, 1.54) is 0 Å². The van der Waals surface area contributed by atoms with Crippen molar-refractivity contribution in [2.75, 3.05) is 13.2 Å². The molecule has 0 atom stereocenters. The molecule has 0 spiro atoms. The summed E-state index contributed by atoms with van der Waals surface area (Å²) in [6.45, 7) is 6.03. The van der Waals surface area contributed by atoms with Crippen molar-refractivity contribution in [2.24, 2.45) is 0 Å². The molecular weight excluding hydrogens is 344 g/mol. The molecule has 140 valence electrons. The number of alkyl carbamates (subject to hydrolysis) is 1. The van der Waals surface area contributed by atoms with Crippen LogP contribution in [0.3, 0.4) is 0 Å². The number of aromatic nitrogens is 3. The van der Waals surface area contributed by atoms with Crippen LogP contribution >= 0.6 is 0 Å². The second-order valence-electron chi connectivity index (χ2n) is 6.92. The van der Waals surface area contributed by atoms with Crippen LogP contribution < -0.4 is 10.1 Å². The molecule has 0 aromatic carbocycles. The third kappa shape index (κ3) is 5.13. The maximum Gasteiger partial charge on any atom is 0.407 e. The van der Waals surface area contributed by atoms with Gasteiger partial charge in [-0.2, -0.15) is 0 Å². The van der Waals surface area contributed by atoms with Gasteiger partial charge in [0, 0.05) is 41.1 Å². The third-order valence-electron chi connectivity index (χ3n) is 3.58. The van der Waals surface area contributed by atoms with E-state index in [2.05, 4.69) is 20.3 Å². The first-order chi connectivity index (χ1) is 12.9. The fourth-order valence-electron chi connectivity index (χ4n) is 2.46. The zero-order valence-corrected chi connectivity index (χ0v) is 15.6. The summed E-state index contributed by atoms with van der Waals surface area (Å²) in [6.07, 6.45) is 6.43. The lowest BCUT2D eigenvalue weighted by atomic mass is 10.1. The lowest BCUT2D eigenvalue weighted by molar-refractivity contribution is 0.0520. The highest BCUT2D eigenvalue weighted by Gasteiger charge is 2.15. The predicted molar refractivity (Wildman–Crippen MR) is 103 cm³/mol. The highest BCUT2D eigenvalue weighted by Crippen LogP contribution is 2.28. The molecule has 1 N–H and O–H groups in total. The van der Waals surface area contributed by atoms with Crippen molar-refractivity contribution in [3.8, 4) is 17.1 Å². The predicted octanol–water partition coefficient (Wildman–Crippen LogP) is 3.60. The molecule has 7 nitrogen and oxygen atoms in total. The van der Waals surface area contributed by atoms with Gasteiger partial charge in [0.05, 0.1) is 12.2 Å². The largest absolute Gasteiger partial charge is 0.475 e. The number of ether oxygens (including phenoxy) is 2. The Kier molecular flexibility index (Phi) is 5.49. The van der Waals surface area contributed by atoms with E-state index >= 15 is 0 Å². The summed E-state index contributed by atoms with van der Waals surface area (Å²) in [6, 6.07) is 7.59. The molecule has 7 heteroatoms.